The van der Waals surface area contributed by atoms with E-state index < -0.39 is 5.60 Å². The van der Waals surface area contributed by atoms with Gasteiger partial charge in [-0.05, 0) is 50.8 Å². The fourth-order valence-corrected chi connectivity index (χ4v) is 3.51. The molecule has 0 amide bonds. The SMILES string of the molecule is CC(O)(C1CCCNC1)C1CCc2ccccc2N1. The molecule has 3 rings (SSSR count). The van der Waals surface area contributed by atoms with Crippen molar-refractivity contribution >= 4 is 5.69 Å². The van der Waals surface area contributed by atoms with Crippen LogP contribution in [-0.4, -0.2) is 29.8 Å². The zero-order valence-electron chi connectivity index (χ0n) is 11.7. The summed E-state index contributed by atoms with van der Waals surface area (Å²) in [6.07, 6.45) is 4.37. The van der Waals surface area contributed by atoms with E-state index in [-0.39, 0.29) is 6.04 Å². The number of anilines is 1. The zero-order valence-corrected chi connectivity index (χ0v) is 11.7. The highest BCUT2D eigenvalue weighted by molar-refractivity contribution is 5.54. The molecule has 0 saturated carbocycles. The molecule has 2 heterocycles. The van der Waals surface area contributed by atoms with Crippen molar-refractivity contribution in [3.05, 3.63) is 29.8 Å². The van der Waals surface area contributed by atoms with Gasteiger partial charge < -0.3 is 15.7 Å². The summed E-state index contributed by atoms with van der Waals surface area (Å²) in [5.74, 6) is 0.351. The monoisotopic (exact) mass is 260 g/mol. The van der Waals surface area contributed by atoms with Crippen molar-refractivity contribution in [3.63, 3.8) is 0 Å². The van der Waals surface area contributed by atoms with Gasteiger partial charge in [-0.2, -0.15) is 0 Å². The molecule has 3 atom stereocenters. The summed E-state index contributed by atoms with van der Waals surface area (Å²) in [6.45, 7) is 4.04. The molecule has 0 radical (unpaired) electrons. The maximum atomic E-state index is 11.0. The zero-order chi connectivity index (χ0) is 13.3. The van der Waals surface area contributed by atoms with E-state index in [9.17, 15) is 5.11 Å². The van der Waals surface area contributed by atoms with Gasteiger partial charge in [-0.15, -0.1) is 0 Å². The van der Waals surface area contributed by atoms with Crippen molar-refractivity contribution in [1.29, 1.82) is 0 Å². The number of hydrogen-bond acceptors (Lipinski definition) is 3. The molecular formula is C16H24N2O. The molecule has 1 fully saturated rings. The summed E-state index contributed by atoms with van der Waals surface area (Å²) in [5, 5.41) is 18.0. The molecule has 0 aliphatic carbocycles. The van der Waals surface area contributed by atoms with Gasteiger partial charge in [-0.1, -0.05) is 18.2 Å². The van der Waals surface area contributed by atoms with Crippen molar-refractivity contribution in [2.75, 3.05) is 18.4 Å². The number of piperidine rings is 1. The Bertz CT molecular complexity index is 438. The molecule has 2 aliphatic rings. The number of aliphatic hydroxyl groups is 1. The van der Waals surface area contributed by atoms with Crippen LogP contribution in [0.15, 0.2) is 24.3 Å². The second-order valence-electron chi connectivity index (χ2n) is 6.16. The van der Waals surface area contributed by atoms with Crippen molar-refractivity contribution in [3.8, 4) is 0 Å². The van der Waals surface area contributed by atoms with Gasteiger partial charge in [0.25, 0.3) is 0 Å². The van der Waals surface area contributed by atoms with Gasteiger partial charge in [0.2, 0.25) is 0 Å². The van der Waals surface area contributed by atoms with Crippen molar-refractivity contribution in [1.82, 2.24) is 5.32 Å². The predicted molar refractivity (Wildman–Crippen MR) is 78.4 cm³/mol. The Balaban J connectivity index is 1.76. The normalized spacial score (nSPS) is 30.0. The third-order valence-electron chi connectivity index (χ3n) is 4.88. The highest BCUT2D eigenvalue weighted by Crippen LogP contribution is 2.34. The van der Waals surface area contributed by atoms with Crippen molar-refractivity contribution in [2.45, 2.75) is 44.2 Å². The smallest absolute Gasteiger partial charge is 0.0859 e. The lowest BCUT2D eigenvalue weighted by atomic mass is 9.75. The first-order valence-corrected chi connectivity index (χ1v) is 7.45. The lowest BCUT2D eigenvalue weighted by Gasteiger charge is -2.44. The molecule has 19 heavy (non-hydrogen) atoms. The molecular weight excluding hydrogens is 236 g/mol. The fourth-order valence-electron chi connectivity index (χ4n) is 3.51. The highest BCUT2D eigenvalue weighted by atomic mass is 16.3. The van der Waals surface area contributed by atoms with E-state index in [2.05, 4.69) is 34.9 Å². The molecule has 0 spiro atoms. The Morgan fingerprint density at radius 1 is 1.26 bits per heavy atom. The third-order valence-corrected chi connectivity index (χ3v) is 4.88. The Labute approximate surface area is 115 Å². The first-order valence-electron chi connectivity index (χ1n) is 7.45. The summed E-state index contributed by atoms with van der Waals surface area (Å²) >= 11 is 0. The molecule has 0 bridgehead atoms. The van der Waals surface area contributed by atoms with Gasteiger partial charge in [0.15, 0.2) is 0 Å². The number of hydrogen-bond donors (Lipinski definition) is 3. The highest BCUT2D eigenvalue weighted by Gasteiger charge is 2.41. The Hall–Kier alpha value is -1.06. The minimum absolute atomic E-state index is 0.160. The second kappa shape index (κ2) is 5.14. The van der Waals surface area contributed by atoms with Gasteiger partial charge in [-0.3, -0.25) is 0 Å². The maximum absolute atomic E-state index is 11.0. The number of fused-ring (bicyclic) bond motifs is 1. The minimum atomic E-state index is -0.638. The van der Waals surface area contributed by atoms with Crippen LogP contribution >= 0.6 is 0 Å². The fraction of sp³-hybridized carbons (Fsp3) is 0.625. The van der Waals surface area contributed by atoms with Crippen LogP contribution in [0, 0.1) is 5.92 Å². The minimum Gasteiger partial charge on any atom is -0.388 e. The van der Waals surface area contributed by atoms with E-state index in [0.29, 0.717) is 5.92 Å². The van der Waals surface area contributed by atoms with E-state index in [4.69, 9.17) is 0 Å². The third kappa shape index (κ3) is 2.49. The number of aryl methyl sites for hydroxylation is 1. The average Bonchev–Trinajstić information content (AvgIpc) is 2.47. The lowest BCUT2D eigenvalue weighted by Crippen LogP contribution is -2.55. The van der Waals surface area contributed by atoms with Gasteiger partial charge in [-0.25, -0.2) is 0 Å². The van der Waals surface area contributed by atoms with Crippen molar-refractivity contribution in [2.24, 2.45) is 5.92 Å². The Morgan fingerprint density at radius 2 is 2.11 bits per heavy atom. The number of nitrogens with one attached hydrogen (secondary N) is 2. The van der Waals surface area contributed by atoms with Gasteiger partial charge in [0, 0.05) is 18.2 Å². The molecule has 3 nitrogen and oxygen atoms in total. The van der Waals surface area contributed by atoms with E-state index in [0.717, 1.165) is 32.4 Å². The standard InChI is InChI=1S/C16H24N2O/c1-16(19,13-6-4-10-17-11-13)15-9-8-12-5-2-3-7-14(12)18-15/h2-3,5,7,13,15,17-19H,4,6,8-11H2,1H3. The number of benzene rings is 1. The van der Waals surface area contributed by atoms with E-state index in [1.54, 1.807) is 0 Å². The first kappa shape index (κ1) is 12.9. The van der Waals surface area contributed by atoms with Gasteiger partial charge in [0.05, 0.1) is 11.6 Å². The molecule has 3 N–H and O–H groups in total. The lowest BCUT2D eigenvalue weighted by molar-refractivity contribution is -0.0296. The number of rotatable bonds is 2. The van der Waals surface area contributed by atoms with Gasteiger partial charge in [0.1, 0.15) is 0 Å². The van der Waals surface area contributed by atoms with E-state index in [1.807, 2.05) is 6.92 Å². The van der Waals surface area contributed by atoms with Crippen LogP contribution in [0.1, 0.15) is 31.7 Å². The predicted octanol–water partition coefficient (Wildman–Crippen LogP) is 2.16. The first-order chi connectivity index (χ1) is 9.18. The molecule has 2 aliphatic heterocycles. The Kier molecular flexibility index (Phi) is 3.50. The van der Waals surface area contributed by atoms with E-state index in [1.165, 1.54) is 17.7 Å². The van der Waals surface area contributed by atoms with Crippen LogP contribution in [0.2, 0.25) is 0 Å². The molecule has 1 aromatic carbocycles. The van der Waals surface area contributed by atoms with Gasteiger partial charge >= 0.3 is 0 Å². The summed E-state index contributed by atoms with van der Waals surface area (Å²) in [4.78, 5) is 0. The van der Waals surface area contributed by atoms with E-state index >= 15 is 0 Å². The van der Waals surface area contributed by atoms with Crippen LogP contribution in [0.4, 0.5) is 5.69 Å². The summed E-state index contributed by atoms with van der Waals surface area (Å²) in [7, 11) is 0. The molecule has 104 valence electrons. The van der Waals surface area contributed by atoms with Crippen LogP contribution in [0.3, 0.4) is 0 Å². The van der Waals surface area contributed by atoms with Crippen LogP contribution in [0.25, 0.3) is 0 Å². The summed E-state index contributed by atoms with van der Waals surface area (Å²) in [6, 6.07) is 8.61. The molecule has 1 aromatic rings. The molecule has 0 aromatic heterocycles. The topological polar surface area (TPSA) is 44.3 Å². The summed E-state index contributed by atoms with van der Waals surface area (Å²) in [5.41, 5.74) is 1.93. The van der Waals surface area contributed by atoms with Crippen LogP contribution in [0.5, 0.6) is 0 Å². The number of para-hydroxylation sites is 1. The Morgan fingerprint density at radius 3 is 2.89 bits per heavy atom. The molecule has 3 unspecified atom stereocenters. The van der Waals surface area contributed by atoms with Crippen molar-refractivity contribution < 1.29 is 5.11 Å². The average molecular weight is 260 g/mol. The maximum Gasteiger partial charge on any atom is 0.0859 e. The molecule has 1 saturated heterocycles. The quantitative estimate of drug-likeness (QED) is 0.763. The van der Waals surface area contributed by atoms with Crippen LogP contribution < -0.4 is 10.6 Å². The summed E-state index contributed by atoms with van der Waals surface area (Å²) < 4.78 is 0. The van der Waals surface area contributed by atoms with Crippen LogP contribution in [-0.2, 0) is 6.42 Å². The molecule has 3 heteroatoms. The second-order valence-corrected chi connectivity index (χ2v) is 6.16. The largest absolute Gasteiger partial charge is 0.388 e.